The van der Waals surface area contributed by atoms with Crippen molar-refractivity contribution in [3.8, 4) is 0 Å². The fraction of sp³-hybridized carbons (Fsp3) is 0.500. The maximum Gasteiger partial charge on any atom is 0.269 e. The Morgan fingerprint density at radius 1 is 1.38 bits per heavy atom. The first kappa shape index (κ1) is 9.78. The second-order valence-corrected chi connectivity index (χ2v) is 4.78. The summed E-state index contributed by atoms with van der Waals surface area (Å²) in [6.07, 6.45) is 1.18. The molecule has 0 bridgehead atoms. The maximum absolute atomic E-state index is 10.7. The van der Waals surface area contributed by atoms with E-state index < -0.39 is 0 Å². The van der Waals surface area contributed by atoms with E-state index in [2.05, 4.69) is 5.32 Å². The van der Waals surface area contributed by atoms with Gasteiger partial charge >= 0.3 is 0 Å². The molecule has 1 aliphatic carbocycles. The van der Waals surface area contributed by atoms with Crippen LogP contribution in [0.2, 0.25) is 0 Å². The average Bonchev–Trinajstić information content (AvgIpc) is 2.61. The van der Waals surface area contributed by atoms with Gasteiger partial charge in [-0.1, -0.05) is 12.1 Å². The van der Waals surface area contributed by atoms with Crippen LogP contribution in [0.15, 0.2) is 24.3 Å². The van der Waals surface area contributed by atoms with Crippen LogP contribution in [0.1, 0.15) is 17.9 Å². The summed E-state index contributed by atoms with van der Waals surface area (Å²) in [4.78, 5) is 10.4. The maximum atomic E-state index is 10.7. The van der Waals surface area contributed by atoms with Crippen LogP contribution in [0, 0.1) is 22.0 Å². The van der Waals surface area contributed by atoms with E-state index in [-0.39, 0.29) is 10.6 Å². The standard InChI is InChI=1S/C12H14N2O2/c15-14(16)10-3-1-2-8(4-10)11-5-9-6-13-7-12(9)11/h1-4,9,11-13H,5-7H2/t9-,11-,12+/m0/s1. The van der Waals surface area contributed by atoms with Crippen molar-refractivity contribution in [1.29, 1.82) is 0 Å². The molecule has 1 saturated carbocycles. The molecule has 1 aromatic carbocycles. The van der Waals surface area contributed by atoms with Crippen molar-refractivity contribution in [3.05, 3.63) is 39.9 Å². The molecule has 0 spiro atoms. The van der Waals surface area contributed by atoms with Crippen molar-refractivity contribution in [2.75, 3.05) is 13.1 Å². The molecule has 3 atom stereocenters. The topological polar surface area (TPSA) is 55.2 Å². The number of benzene rings is 1. The van der Waals surface area contributed by atoms with Crippen LogP contribution >= 0.6 is 0 Å². The predicted octanol–water partition coefficient (Wildman–Crippen LogP) is 1.92. The molecular formula is C12H14N2O2. The number of nitrogens with zero attached hydrogens (tertiary/aromatic N) is 1. The predicted molar refractivity (Wildman–Crippen MR) is 60.3 cm³/mol. The molecule has 0 aromatic heterocycles. The van der Waals surface area contributed by atoms with Crippen LogP contribution in [0.25, 0.3) is 0 Å². The number of nitro groups is 1. The fourth-order valence-electron chi connectivity index (χ4n) is 3.04. The van der Waals surface area contributed by atoms with Gasteiger partial charge in [-0.2, -0.15) is 0 Å². The molecule has 2 fully saturated rings. The van der Waals surface area contributed by atoms with Gasteiger partial charge in [-0.05, 0) is 42.8 Å². The van der Waals surface area contributed by atoms with Crippen LogP contribution < -0.4 is 5.32 Å². The minimum Gasteiger partial charge on any atom is -0.316 e. The van der Waals surface area contributed by atoms with Crippen molar-refractivity contribution in [2.24, 2.45) is 11.8 Å². The summed E-state index contributed by atoms with van der Waals surface area (Å²) in [6.45, 7) is 2.19. The zero-order valence-corrected chi connectivity index (χ0v) is 8.93. The second kappa shape index (κ2) is 3.56. The molecule has 0 amide bonds. The molecule has 1 heterocycles. The zero-order chi connectivity index (χ0) is 11.1. The van der Waals surface area contributed by atoms with Gasteiger partial charge in [-0.15, -0.1) is 0 Å². The number of nitro benzene ring substituents is 1. The van der Waals surface area contributed by atoms with Crippen LogP contribution in [0.4, 0.5) is 5.69 Å². The van der Waals surface area contributed by atoms with E-state index in [4.69, 9.17) is 0 Å². The van der Waals surface area contributed by atoms with Crippen LogP contribution in [0.3, 0.4) is 0 Å². The van der Waals surface area contributed by atoms with Gasteiger partial charge in [0.2, 0.25) is 0 Å². The van der Waals surface area contributed by atoms with Crippen molar-refractivity contribution in [3.63, 3.8) is 0 Å². The summed E-state index contributed by atoms with van der Waals surface area (Å²) < 4.78 is 0. The summed E-state index contributed by atoms with van der Waals surface area (Å²) in [5.74, 6) is 2.02. The van der Waals surface area contributed by atoms with Crippen molar-refractivity contribution >= 4 is 5.69 Å². The van der Waals surface area contributed by atoms with E-state index >= 15 is 0 Å². The van der Waals surface area contributed by atoms with Crippen molar-refractivity contribution < 1.29 is 4.92 Å². The van der Waals surface area contributed by atoms with Gasteiger partial charge < -0.3 is 5.32 Å². The number of hydrogen-bond donors (Lipinski definition) is 1. The Balaban J connectivity index is 1.84. The van der Waals surface area contributed by atoms with E-state index in [1.54, 1.807) is 18.2 Å². The van der Waals surface area contributed by atoms with Crippen LogP contribution in [-0.4, -0.2) is 18.0 Å². The Bertz CT molecular complexity index is 433. The van der Waals surface area contributed by atoms with E-state index in [0.717, 1.165) is 24.6 Å². The Hall–Kier alpha value is -1.42. The van der Waals surface area contributed by atoms with E-state index in [0.29, 0.717) is 11.8 Å². The Labute approximate surface area is 93.8 Å². The summed E-state index contributed by atoms with van der Waals surface area (Å²) in [7, 11) is 0. The largest absolute Gasteiger partial charge is 0.316 e. The average molecular weight is 218 g/mol. The Kier molecular flexibility index (Phi) is 2.17. The first-order valence-electron chi connectivity index (χ1n) is 5.71. The summed E-state index contributed by atoms with van der Waals surface area (Å²) in [5.41, 5.74) is 1.35. The van der Waals surface area contributed by atoms with Gasteiger partial charge in [0.25, 0.3) is 5.69 Å². The Morgan fingerprint density at radius 3 is 3.00 bits per heavy atom. The second-order valence-electron chi connectivity index (χ2n) is 4.78. The lowest BCUT2D eigenvalue weighted by Crippen LogP contribution is -2.33. The Morgan fingerprint density at radius 2 is 2.25 bits per heavy atom. The molecule has 0 unspecified atom stereocenters. The lowest BCUT2D eigenvalue weighted by molar-refractivity contribution is -0.385. The van der Waals surface area contributed by atoms with Crippen molar-refractivity contribution in [1.82, 2.24) is 5.32 Å². The smallest absolute Gasteiger partial charge is 0.269 e. The molecule has 84 valence electrons. The van der Waals surface area contributed by atoms with E-state index in [1.165, 1.54) is 6.42 Å². The lowest BCUT2D eigenvalue weighted by Gasteiger charge is -2.39. The highest BCUT2D eigenvalue weighted by molar-refractivity contribution is 5.37. The first-order chi connectivity index (χ1) is 7.75. The molecule has 1 saturated heterocycles. The van der Waals surface area contributed by atoms with Crippen LogP contribution in [-0.2, 0) is 0 Å². The third-order valence-corrected chi connectivity index (χ3v) is 3.97. The number of nitrogens with one attached hydrogen (secondary N) is 1. The molecule has 4 heteroatoms. The third kappa shape index (κ3) is 1.41. The molecule has 4 nitrogen and oxygen atoms in total. The monoisotopic (exact) mass is 218 g/mol. The minimum atomic E-state index is -0.313. The highest BCUT2D eigenvalue weighted by Gasteiger charge is 2.44. The fourth-order valence-corrected chi connectivity index (χ4v) is 3.04. The minimum absolute atomic E-state index is 0.215. The zero-order valence-electron chi connectivity index (χ0n) is 8.93. The highest BCUT2D eigenvalue weighted by atomic mass is 16.6. The van der Waals surface area contributed by atoms with Gasteiger partial charge in [-0.25, -0.2) is 0 Å². The van der Waals surface area contributed by atoms with Gasteiger partial charge in [0.1, 0.15) is 0 Å². The molecular weight excluding hydrogens is 204 g/mol. The summed E-state index contributed by atoms with van der Waals surface area (Å²) in [5, 5.41) is 14.1. The molecule has 1 aromatic rings. The van der Waals surface area contributed by atoms with Crippen molar-refractivity contribution in [2.45, 2.75) is 12.3 Å². The number of hydrogen-bond acceptors (Lipinski definition) is 3. The molecule has 3 rings (SSSR count). The van der Waals surface area contributed by atoms with Gasteiger partial charge in [0.05, 0.1) is 4.92 Å². The SMILES string of the molecule is O=[N+]([O-])c1cccc([C@@H]2C[C@H]3CNC[C@H]32)c1. The number of fused-ring (bicyclic) bond motifs is 1. The molecule has 0 radical (unpaired) electrons. The number of non-ortho nitro benzene ring substituents is 1. The summed E-state index contributed by atoms with van der Waals surface area (Å²) >= 11 is 0. The highest BCUT2D eigenvalue weighted by Crippen LogP contribution is 2.49. The number of rotatable bonds is 2. The molecule has 1 N–H and O–H groups in total. The van der Waals surface area contributed by atoms with Gasteiger partial charge in [-0.3, -0.25) is 10.1 Å². The molecule has 1 aliphatic heterocycles. The van der Waals surface area contributed by atoms with Gasteiger partial charge in [0.15, 0.2) is 0 Å². The normalized spacial score (nSPS) is 31.9. The van der Waals surface area contributed by atoms with E-state index in [1.807, 2.05) is 6.07 Å². The summed E-state index contributed by atoms with van der Waals surface area (Å²) in [6, 6.07) is 7.11. The molecule has 16 heavy (non-hydrogen) atoms. The third-order valence-electron chi connectivity index (χ3n) is 3.97. The first-order valence-corrected chi connectivity index (χ1v) is 5.71. The van der Waals surface area contributed by atoms with Crippen LogP contribution in [0.5, 0.6) is 0 Å². The van der Waals surface area contributed by atoms with E-state index in [9.17, 15) is 10.1 Å². The quantitative estimate of drug-likeness (QED) is 0.609. The lowest BCUT2D eigenvalue weighted by atomic mass is 9.64. The van der Waals surface area contributed by atoms with Gasteiger partial charge in [0, 0.05) is 12.1 Å². The molecule has 2 aliphatic rings.